The zero-order valence-electron chi connectivity index (χ0n) is 13.0. The summed E-state index contributed by atoms with van der Waals surface area (Å²) in [5.41, 5.74) is -0.739. The monoisotopic (exact) mass is 376 g/mol. The average molecular weight is 377 g/mol. The molecule has 25 heavy (non-hydrogen) atoms. The Hall–Kier alpha value is -2.55. The van der Waals surface area contributed by atoms with E-state index in [0.29, 0.717) is 5.56 Å². The average Bonchev–Trinajstić information content (AvgIpc) is 2.52. The zero-order valence-corrected chi connectivity index (χ0v) is 13.8. The third-order valence-corrected chi connectivity index (χ3v) is 3.49. The van der Waals surface area contributed by atoms with Gasteiger partial charge in [-0.3, -0.25) is 0 Å². The summed E-state index contributed by atoms with van der Waals surface area (Å²) in [4.78, 5) is 18.8. The third kappa shape index (κ3) is 4.30. The number of carbonyl (C=O) groups is 1. The first-order chi connectivity index (χ1) is 11.6. The Balaban J connectivity index is 2.26. The number of alkyl halides is 3. The highest BCUT2D eigenvalue weighted by molar-refractivity contribution is 6.31. The predicted octanol–water partition coefficient (Wildman–Crippen LogP) is 3.74. The number of aromatic nitrogens is 2. The fourth-order valence-corrected chi connectivity index (χ4v) is 2.26. The standard InChI is InChI=1S/C15H12ClF3N2O4/c1-7-11(13(22)23)20-14(24-2)21-12(7)25-6-8-3-4-9(10(16)5-8)15(17,18)19/h3-5H,6H2,1-2H3,(H,22,23). The molecule has 1 aromatic heterocycles. The molecule has 1 aromatic carbocycles. The van der Waals surface area contributed by atoms with Crippen LogP contribution in [-0.4, -0.2) is 28.2 Å². The highest BCUT2D eigenvalue weighted by Crippen LogP contribution is 2.35. The molecule has 0 saturated carbocycles. The Morgan fingerprint density at radius 1 is 1.32 bits per heavy atom. The van der Waals surface area contributed by atoms with Gasteiger partial charge < -0.3 is 14.6 Å². The molecule has 0 atom stereocenters. The van der Waals surface area contributed by atoms with E-state index in [4.69, 9.17) is 26.2 Å². The first-order valence-corrected chi connectivity index (χ1v) is 7.15. The number of aromatic carboxylic acids is 1. The van der Waals surface area contributed by atoms with Crippen LogP contribution in [0.3, 0.4) is 0 Å². The van der Waals surface area contributed by atoms with E-state index in [0.717, 1.165) is 12.1 Å². The maximum atomic E-state index is 12.7. The number of rotatable bonds is 5. The van der Waals surface area contributed by atoms with Crippen molar-refractivity contribution in [3.63, 3.8) is 0 Å². The lowest BCUT2D eigenvalue weighted by Crippen LogP contribution is -2.10. The van der Waals surface area contributed by atoms with Crippen molar-refractivity contribution >= 4 is 17.6 Å². The molecule has 6 nitrogen and oxygen atoms in total. The second-order valence-electron chi connectivity index (χ2n) is 4.89. The van der Waals surface area contributed by atoms with Crippen LogP contribution in [0.2, 0.25) is 5.02 Å². The van der Waals surface area contributed by atoms with Crippen LogP contribution in [0.15, 0.2) is 18.2 Å². The van der Waals surface area contributed by atoms with Crippen LogP contribution in [0.4, 0.5) is 13.2 Å². The highest BCUT2D eigenvalue weighted by Gasteiger charge is 2.33. The lowest BCUT2D eigenvalue weighted by atomic mass is 10.1. The van der Waals surface area contributed by atoms with E-state index in [9.17, 15) is 18.0 Å². The molecule has 0 spiro atoms. The Labute approximate surface area is 145 Å². The highest BCUT2D eigenvalue weighted by atomic mass is 35.5. The van der Waals surface area contributed by atoms with Gasteiger partial charge >= 0.3 is 18.2 Å². The number of ether oxygens (including phenoxy) is 2. The Kier molecular flexibility index (Phi) is 5.36. The van der Waals surface area contributed by atoms with Crippen molar-refractivity contribution in [2.75, 3.05) is 7.11 Å². The molecule has 134 valence electrons. The summed E-state index contributed by atoms with van der Waals surface area (Å²) in [6.45, 7) is 1.27. The minimum Gasteiger partial charge on any atom is -0.476 e. The van der Waals surface area contributed by atoms with Gasteiger partial charge in [0.15, 0.2) is 5.69 Å². The first kappa shape index (κ1) is 18.8. The molecule has 1 heterocycles. The predicted molar refractivity (Wildman–Crippen MR) is 81.1 cm³/mol. The van der Waals surface area contributed by atoms with Gasteiger partial charge in [0.1, 0.15) is 6.61 Å². The van der Waals surface area contributed by atoms with Crippen LogP contribution >= 0.6 is 11.6 Å². The van der Waals surface area contributed by atoms with Gasteiger partial charge in [-0.25, -0.2) is 4.79 Å². The van der Waals surface area contributed by atoms with Crippen LogP contribution < -0.4 is 9.47 Å². The SMILES string of the molecule is COc1nc(OCc2ccc(C(F)(F)F)c(Cl)c2)c(C)c(C(=O)O)n1. The molecule has 0 unspecified atom stereocenters. The third-order valence-electron chi connectivity index (χ3n) is 3.18. The number of hydrogen-bond acceptors (Lipinski definition) is 5. The van der Waals surface area contributed by atoms with Gasteiger partial charge in [0.2, 0.25) is 5.88 Å². The van der Waals surface area contributed by atoms with Gasteiger partial charge in [-0.1, -0.05) is 17.7 Å². The van der Waals surface area contributed by atoms with E-state index in [1.165, 1.54) is 20.1 Å². The summed E-state index contributed by atoms with van der Waals surface area (Å²) in [7, 11) is 1.26. The van der Waals surface area contributed by atoms with Gasteiger partial charge in [0.05, 0.1) is 17.7 Å². The van der Waals surface area contributed by atoms with Gasteiger partial charge in [0, 0.05) is 5.56 Å². The maximum absolute atomic E-state index is 12.7. The number of benzene rings is 1. The fourth-order valence-electron chi connectivity index (χ4n) is 1.95. The molecule has 0 amide bonds. The van der Waals surface area contributed by atoms with Crippen molar-refractivity contribution in [3.05, 3.63) is 45.6 Å². The largest absolute Gasteiger partial charge is 0.476 e. The normalized spacial score (nSPS) is 11.3. The molecule has 0 bridgehead atoms. The Morgan fingerprint density at radius 3 is 2.52 bits per heavy atom. The van der Waals surface area contributed by atoms with Gasteiger partial charge in [-0.2, -0.15) is 23.1 Å². The molecule has 10 heteroatoms. The zero-order chi connectivity index (χ0) is 18.8. The number of halogens is 4. The first-order valence-electron chi connectivity index (χ1n) is 6.77. The molecular weight excluding hydrogens is 365 g/mol. The molecule has 0 aliphatic rings. The quantitative estimate of drug-likeness (QED) is 0.856. The summed E-state index contributed by atoms with van der Waals surface area (Å²) < 4.78 is 48.3. The maximum Gasteiger partial charge on any atom is 0.417 e. The van der Waals surface area contributed by atoms with E-state index >= 15 is 0 Å². The van der Waals surface area contributed by atoms with E-state index in [2.05, 4.69) is 9.97 Å². The molecule has 0 saturated heterocycles. The number of carboxylic acid groups (broad SMARTS) is 1. The molecule has 0 radical (unpaired) electrons. The van der Waals surface area contributed by atoms with Crippen molar-refractivity contribution in [1.29, 1.82) is 0 Å². The minimum atomic E-state index is -4.55. The van der Waals surface area contributed by atoms with E-state index < -0.39 is 22.7 Å². The Bertz CT molecular complexity index is 812. The second-order valence-corrected chi connectivity index (χ2v) is 5.30. The molecular formula is C15H12ClF3N2O4. The lowest BCUT2D eigenvalue weighted by Gasteiger charge is -2.13. The van der Waals surface area contributed by atoms with Crippen molar-refractivity contribution in [1.82, 2.24) is 9.97 Å². The van der Waals surface area contributed by atoms with Crippen LogP contribution in [0.25, 0.3) is 0 Å². The number of carboxylic acids is 1. The smallest absolute Gasteiger partial charge is 0.417 e. The summed E-state index contributed by atoms with van der Waals surface area (Å²) in [5, 5.41) is 8.65. The summed E-state index contributed by atoms with van der Waals surface area (Å²) in [5.74, 6) is -1.35. The van der Waals surface area contributed by atoms with Crippen LogP contribution in [0, 0.1) is 6.92 Å². The van der Waals surface area contributed by atoms with Crippen LogP contribution in [-0.2, 0) is 12.8 Å². The molecule has 0 aliphatic heterocycles. The molecule has 1 N–H and O–H groups in total. The van der Waals surface area contributed by atoms with Gasteiger partial charge in [-0.15, -0.1) is 0 Å². The molecule has 0 fully saturated rings. The topological polar surface area (TPSA) is 81.5 Å². The van der Waals surface area contributed by atoms with Crippen molar-refractivity contribution in [2.45, 2.75) is 19.7 Å². The Morgan fingerprint density at radius 2 is 2.00 bits per heavy atom. The van der Waals surface area contributed by atoms with Gasteiger partial charge in [-0.05, 0) is 24.6 Å². The van der Waals surface area contributed by atoms with E-state index in [-0.39, 0.29) is 29.8 Å². The fraction of sp³-hybridized carbons (Fsp3) is 0.267. The molecule has 2 aromatic rings. The molecule has 2 rings (SSSR count). The number of hydrogen-bond donors (Lipinski definition) is 1. The summed E-state index contributed by atoms with van der Waals surface area (Å²) in [6.07, 6.45) is -4.55. The van der Waals surface area contributed by atoms with Gasteiger partial charge in [0.25, 0.3) is 0 Å². The van der Waals surface area contributed by atoms with Crippen LogP contribution in [0.1, 0.15) is 27.2 Å². The molecule has 0 aliphatic carbocycles. The van der Waals surface area contributed by atoms with Crippen molar-refractivity contribution in [2.24, 2.45) is 0 Å². The van der Waals surface area contributed by atoms with E-state index in [1.807, 2.05) is 0 Å². The minimum absolute atomic E-state index is 0.0553. The lowest BCUT2D eigenvalue weighted by molar-refractivity contribution is -0.137. The van der Waals surface area contributed by atoms with Crippen LogP contribution in [0.5, 0.6) is 11.9 Å². The van der Waals surface area contributed by atoms with Crippen molar-refractivity contribution < 1.29 is 32.5 Å². The summed E-state index contributed by atoms with van der Waals surface area (Å²) in [6, 6.07) is 2.97. The van der Waals surface area contributed by atoms with E-state index in [1.54, 1.807) is 0 Å². The van der Waals surface area contributed by atoms with Crippen molar-refractivity contribution in [3.8, 4) is 11.9 Å². The number of nitrogens with zero attached hydrogens (tertiary/aromatic N) is 2. The number of methoxy groups -OCH3 is 1. The summed E-state index contributed by atoms with van der Waals surface area (Å²) >= 11 is 5.64. The second kappa shape index (κ2) is 7.14.